The van der Waals surface area contributed by atoms with Crippen molar-refractivity contribution < 1.29 is 9.53 Å². The van der Waals surface area contributed by atoms with Crippen LogP contribution in [0.5, 0.6) is 0 Å². The molecule has 0 aromatic carbocycles. The van der Waals surface area contributed by atoms with Gasteiger partial charge in [0, 0.05) is 0 Å². The molecule has 0 aromatic heterocycles. The van der Waals surface area contributed by atoms with E-state index >= 15 is 0 Å². The molecule has 3 nitrogen and oxygen atoms in total. The lowest BCUT2D eigenvalue weighted by Gasteiger charge is -2.57. The first-order valence-corrected chi connectivity index (χ1v) is 7.05. The first-order chi connectivity index (χ1) is 8.19. The van der Waals surface area contributed by atoms with Crippen molar-refractivity contribution in [1.82, 2.24) is 0 Å². The van der Waals surface area contributed by atoms with E-state index in [0.29, 0.717) is 12.0 Å². The van der Waals surface area contributed by atoms with Crippen LogP contribution in [-0.2, 0) is 9.53 Å². The van der Waals surface area contributed by atoms with E-state index in [1.54, 1.807) is 0 Å². The van der Waals surface area contributed by atoms with Gasteiger partial charge in [-0.05, 0) is 68.1 Å². The number of ether oxygens (including phenoxy) is 1. The highest BCUT2D eigenvalue weighted by Crippen LogP contribution is 2.61. The van der Waals surface area contributed by atoms with Crippen LogP contribution >= 0.6 is 0 Å². The number of carbonyl (C=O) groups excluding carboxylic acids is 1. The molecular formula is C14H23NO2. The smallest absolute Gasteiger partial charge is 0.319 e. The van der Waals surface area contributed by atoms with Gasteiger partial charge in [0.2, 0.25) is 0 Å². The molecule has 4 aliphatic carbocycles. The number of nitrogens with two attached hydrogens (primary N) is 1. The molecule has 0 aromatic rings. The third-order valence-electron chi connectivity index (χ3n) is 5.23. The maximum atomic E-state index is 11.1. The number of rotatable bonds is 4. The van der Waals surface area contributed by atoms with Gasteiger partial charge < -0.3 is 10.5 Å². The Hall–Kier alpha value is -0.570. The molecule has 17 heavy (non-hydrogen) atoms. The molecule has 2 N–H and O–H groups in total. The monoisotopic (exact) mass is 237 g/mol. The lowest BCUT2D eigenvalue weighted by molar-refractivity contribution is -0.144. The number of hydrogen-bond acceptors (Lipinski definition) is 3. The van der Waals surface area contributed by atoms with Crippen LogP contribution in [0.25, 0.3) is 0 Å². The summed E-state index contributed by atoms with van der Waals surface area (Å²) in [6.07, 6.45) is 9.66. The second kappa shape index (κ2) is 4.27. The Labute approximate surface area is 103 Å². The second-order valence-electron chi connectivity index (χ2n) is 6.59. The molecule has 4 saturated carbocycles. The summed E-state index contributed by atoms with van der Waals surface area (Å²) in [6, 6.07) is 0. The molecule has 0 radical (unpaired) electrons. The van der Waals surface area contributed by atoms with Crippen molar-refractivity contribution in [3.05, 3.63) is 0 Å². The van der Waals surface area contributed by atoms with Gasteiger partial charge in [-0.2, -0.15) is 0 Å². The van der Waals surface area contributed by atoms with Crippen LogP contribution in [0.2, 0.25) is 0 Å². The molecule has 0 saturated heterocycles. The summed E-state index contributed by atoms with van der Waals surface area (Å²) in [5, 5.41) is 0. The summed E-state index contributed by atoms with van der Waals surface area (Å²) in [4.78, 5) is 11.1. The Bertz CT molecular complexity index is 278. The largest absolute Gasteiger partial charge is 0.465 e. The Balaban J connectivity index is 1.57. The van der Waals surface area contributed by atoms with Crippen LogP contribution in [0.4, 0.5) is 0 Å². The van der Waals surface area contributed by atoms with Crippen molar-refractivity contribution in [2.75, 3.05) is 13.2 Å². The number of carbonyl (C=O) groups is 1. The molecule has 96 valence electrons. The lowest BCUT2D eigenvalue weighted by atomic mass is 9.49. The van der Waals surface area contributed by atoms with Crippen molar-refractivity contribution in [3.8, 4) is 0 Å². The number of hydrogen-bond donors (Lipinski definition) is 1. The molecular weight excluding hydrogens is 214 g/mol. The number of esters is 1. The Morgan fingerprint density at radius 1 is 1.12 bits per heavy atom. The molecule has 0 aliphatic heterocycles. The van der Waals surface area contributed by atoms with Gasteiger partial charge in [-0.25, -0.2) is 0 Å². The molecule has 0 atom stereocenters. The standard InChI is InChI=1S/C14H23NO2/c15-9-13(16)17-2-1-14-6-10-3-11(7-14)5-12(4-10)8-14/h10-12H,1-9,15H2. The van der Waals surface area contributed by atoms with Gasteiger partial charge in [0.05, 0.1) is 13.2 Å². The molecule has 4 bridgehead atoms. The molecule has 4 aliphatic rings. The zero-order chi connectivity index (χ0) is 11.9. The van der Waals surface area contributed by atoms with Crippen molar-refractivity contribution in [1.29, 1.82) is 0 Å². The van der Waals surface area contributed by atoms with E-state index in [2.05, 4.69) is 0 Å². The van der Waals surface area contributed by atoms with Gasteiger partial charge in [0.1, 0.15) is 0 Å². The van der Waals surface area contributed by atoms with Gasteiger partial charge in [-0.3, -0.25) is 4.79 Å². The Morgan fingerprint density at radius 3 is 2.12 bits per heavy atom. The van der Waals surface area contributed by atoms with Crippen LogP contribution in [0, 0.1) is 23.2 Å². The highest BCUT2D eigenvalue weighted by molar-refractivity contribution is 5.71. The van der Waals surface area contributed by atoms with Crippen LogP contribution < -0.4 is 5.73 Å². The van der Waals surface area contributed by atoms with Gasteiger partial charge in [0.25, 0.3) is 0 Å². The highest BCUT2D eigenvalue weighted by Gasteiger charge is 2.50. The average Bonchev–Trinajstić information content (AvgIpc) is 2.26. The van der Waals surface area contributed by atoms with Crippen molar-refractivity contribution in [2.24, 2.45) is 28.9 Å². The van der Waals surface area contributed by atoms with Gasteiger partial charge in [-0.1, -0.05) is 0 Å². The fraction of sp³-hybridized carbons (Fsp3) is 0.929. The van der Waals surface area contributed by atoms with Gasteiger partial charge in [-0.15, -0.1) is 0 Å². The van der Waals surface area contributed by atoms with E-state index in [4.69, 9.17) is 10.5 Å². The van der Waals surface area contributed by atoms with E-state index in [1.165, 1.54) is 38.5 Å². The normalized spacial score (nSPS) is 42.8. The zero-order valence-corrected chi connectivity index (χ0v) is 10.5. The first-order valence-electron chi connectivity index (χ1n) is 7.05. The SMILES string of the molecule is NCC(=O)OCCC12CC3CC(CC(C3)C1)C2. The predicted octanol–water partition coefficient (Wildman–Crippen LogP) is 2.09. The summed E-state index contributed by atoms with van der Waals surface area (Å²) in [5.74, 6) is 2.68. The van der Waals surface area contributed by atoms with Gasteiger partial charge >= 0.3 is 5.97 Å². The van der Waals surface area contributed by atoms with Crippen LogP contribution in [-0.4, -0.2) is 19.1 Å². The molecule has 3 heteroatoms. The molecule has 0 unspecified atom stereocenters. The Kier molecular flexibility index (Phi) is 2.89. The fourth-order valence-electron chi connectivity index (χ4n) is 5.04. The quantitative estimate of drug-likeness (QED) is 0.762. The molecule has 0 spiro atoms. The fourth-order valence-corrected chi connectivity index (χ4v) is 5.04. The summed E-state index contributed by atoms with van der Waals surface area (Å²) in [5.41, 5.74) is 5.76. The molecule has 0 amide bonds. The minimum atomic E-state index is -0.255. The predicted molar refractivity (Wildman–Crippen MR) is 65.2 cm³/mol. The van der Waals surface area contributed by atoms with E-state index < -0.39 is 0 Å². The molecule has 4 rings (SSSR count). The third-order valence-corrected chi connectivity index (χ3v) is 5.23. The lowest BCUT2D eigenvalue weighted by Crippen LogP contribution is -2.46. The summed E-state index contributed by atoms with van der Waals surface area (Å²) >= 11 is 0. The van der Waals surface area contributed by atoms with Crippen LogP contribution in [0.3, 0.4) is 0 Å². The maximum Gasteiger partial charge on any atom is 0.319 e. The second-order valence-corrected chi connectivity index (χ2v) is 6.59. The van der Waals surface area contributed by atoms with E-state index in [1.807, 2.05) is 0 Å². The topological polar surface area (TPSA) is 52.3 Å². The summed E-state index contributed by atoms with van der Waals surface area (Å²) < 4.78 is 5.17. The highest BCUT2D eigenvalue weighted by atomic mass is 16.5. The van der Waals surface area contributed by atoms with E-state index in [0.717, 1.165) is 24.2 Å². The molecule has 0 heterocycles. The average molecular weight is 237 g/mol. The van der Waals surface area contributed by atoms with Crippen molar-refractivity contribution in [2.45, 2.75) is 44.9 Å². The Morgan fingerprint density at radius 2 is 1.65 bits per heavy atom. The van der Waals surface area contributed by atoms with Crippen molar-refractivity contribution in [3.63, 3.8) is 0 Å². The first kappa shape index (κ1) is 11.5. The minimum Gasteiger partial charge on any atom is -0.465 e. The summed E-state index contributed by atoms with van der Waals surface area (Å²) in [6.45, 7) is 0.600. The van der Waals surface area contributed by atoms with Crippen LogP contribution in [0.1, 0.15) is 44.9 Å². The van der Waals surface area contributed by atoms with Gasteiger partial charge in [0.15, 0.2) is 0 Å². The van der Waals surface area contributed by atoms with E-state index in [-0.39, 0.29) is 12.5 Å². The third kappa shape index (κ3) is 2.22. The van der Waals surface area contributed by atoms with Crippen molar-refractivity contribution >= 4 is 5.97 Å². The molecule has 4 fully saturated rings. The summed E-state index contributed by atoms with van der Waals surface area (Å²) in [7, 11) is 0. The zero-order valence-electron chi connectivity index (χ0n) is 10.5. The maximum absolute atomic E-state index is 11.1. The minimum absolute atomic E-state index is 0.0148. The van der Waals surface area contributed by atoms with E-state index in [9.17, 15) is 4.79 Å². The van der Waals surface area contributed by atoms with Crippen LogP contribution in [0.15, 0.2) is 0 Å².